The van der Waals surface area contributed by atoms with E-state index in [1.807, 2.05) is 13.0 Å². The molecule has 1 aromatic heterocycles. The molecule has 7 nitrogen and oxygen atoms in total. The number of piperazine rings is 1. The lowest BCUT2D eigenvalue weighted by Gasteiger charge is -2.37. The fraction of sp³-hybridized carbons (Fsp3) is 0.333. The second-order valence-electron chi connectivity index (χ2n) is 6.52. The van der Waals surface area contributed by atoms with E-state index in [0.717, 1.165) is 11.3 Å². The number of aromatic nitrogens is 1. The van der Waals surface area contributed by atoms with Crippen LogP contribution < -0.4 is 4.74 Å². The minimum absolute atomic E-state index is 0.104. The van der Waals surface area contributed by atoms with Crippen molar-refractivity contribution in [1.29, 1.82) is 0 Å². The van der Waals surface area contributed by atoms with Crippen LogP contribution in [0.1, 0.15) is 27.7 Å². The van der Waals surface area contributed by atoms with Gasteiger partial charge in [0.2, 0.25) is 16.9 Å². The number of carbonyl (C=O) groups excluding carboxylic acids is 1. The topological polar surface area (TPSA) is 79.8 Å². The van der Waals surface area contributed by atoms with Gasteiger partial charge in [-0.05, 0) is 42.8 Å². The Labute approximate surface area is 156 Å². The summed E-state index contributed by atoms with van der Waals surface area (Å²) in [5.74, 6) is 0.159. The van der Waals surface area contributed by atoms with Gasteiger partial charge in [0.15, 0.2) is 0 Å². The standard InChI is InChI=1S/C18H18FN3O4S/c1-12-8-15-16(9-20-12)18(23)22-7-6-21(10-17(15)22)27(24,25)14-4-2-13(3-5-14)26-11-19/h2-5,8-9,17H,6-7,10-11H2,1H3. The van der Waals surface area contributed by atoms with Crippen LogP contribution in [0.5, 0.6) is 5.75 Å². The average molecular weight is 391 g/mol. The van der Waals surface area contributed by atoms with Gasteiger partial charge in [-0.25, -0.2) is 12.8 Å². The number of halogens is 1. The summed E-state index contributed by atoms with van der Waals surface area (Å²) in [7, 11) is -3.73. The van der Waals surface area contributed by atoms with Crippen LogP contribution in [0, 0.1) is 6.92 Å². The largest absolute Gasteiger partial charge is 0.463 e. The maximum Gasteiger partial charge on any atom is 0.256 e. The molecule has 27 heavy (non-hydrogen) atoms. The van der Waals surface area contributed by atoms with Crippen molar-refractivity contribution in [3.63, 3.8) is 0 Å². The second-order valence-corrected chi connectivity index (χ2v) is 8.45. The zero-order valence-electron chi connectivity index (χ0n) is 14.6. The number of nitrogens with zero attached hydrogens (tertiary/aromatic N) is 3. The molecule has 0 radical (unpaired) electrons. The fourth-order valence-corrected chi connectivity index (χ4v) is 5.03. The van der Waals surface area contributed by atoms with Crippen LogP contribution in [-0.2, 0) is 10.0 Å². The number of hydrogen-bond acceptors (Lipinski definition) is 5. The molecule has 0 N–H and O–H groups in total. The minimum Gasteiger partial charge on any atom is -0.463 e. The fourth-order valence-electron chi connectivity index (χ4n) is 3.60. The summed E-state index contributed by atoms with van der Waals surface area (Å²) in [6, 6.07) is 7.17. The maximum absolute atomic E-state index is 13.0. The average Bonchev–Trinajstić information content (AvgIpc) is 2.94. The first-order valence-corrected chi connectivity index (χ1v) is 9.92. The number of fused-ring (bicyclic) bond motifs is 3. The highest BCUT2D eigenvalue weighted by Crippen LogP contribution is 2.37. The Hall–Kier alpha value is -2.52. The van der Waals surface area contributed by atoms with Gasteiger partial charge in [-0.15, -0.1) is 0 Å². The van der Waals surface area contributed by atoms with Gasteiger partial charge < -0.3 is 9.64 Å². The first-order chi connectivity index (χ1) is 12.9. The summed E-state index contributed by atoms with van der Waals surface area (Å²) in [5, 5.41) is 0. The van der Waals surface area contributed by atoms with Crippen LogP contribution in [0.4, 0.5) is 4.39 Å². The predicted octanol–water partition coefficient (Wildman–Crippen LogP) is 1.90. The van der Waals surface area contributed by atoms with Crippen molar-refractivity contribution in [2.45, 2.75) is 17.9 Å². The number of aryl methyl sites for hydroxylation is 1. The molecule has 0 bridgehead atoms. The molecule has 2 aromatic rings. The highest BCUT2D eigenvalue weighted by molar-refractivity contribution is 7.89. The molecule has 1 saturated heterocycles. The van der Waals surface area contributed by atoms with Gasteiger partial charge in [-0.3, -0.25) is 9.78 Å². The highest BCUT2D eigenvalue weighted by Gasteiger charge is 2.43. The molecule has 0 saturated carbocycles. The van der Waals surface area contributed by atoms with E-state index >= 15 is 0 Å². The first kappa shape index (κ1) is 17.9. The Bertz CT molecular complexity index is 994. The molecule has 2 aliphatic rings. The number of pyridine rings is 1. The van der Waals surface area contributed by atoms with Crippen molar-refractivity contribution >= 4 is 15.9 Å². The Morgan fingerprint density at radius 2 is 2.00 bits per heavy atom. The quantitative estimate of drug-likeness (QED) is 0.795. The summed E-state index contributed by atoms with van der Waals surface area (Å²) in [6.45, 7) is 1.59. The lowest BCUT2D eigenvalue weighted by Crippen LogP contribution is -2.49. The third kappa shape index (κ3) is 2.96. The maximum atomic E-state index is 13.0. The van der Waals surface area contributed by atoms with Crippen LogP contribution >= 0.6 is 0 Å². The normalized spacial score (nSPS) is 19.7. The molecule has 1 fully saturated rings. The Morgan fingerprint density at radius 1 is 1.26 bits per heavy atom. The van der Waals surface area contributed by atoms with E-state index in [2.05, 4.69) is 4.98 Å². The number of alkyl halides is 1. The minimum atomic E-state index is -3.73. The van der Waals surface area contributed by atoms with Crippen molar-refractivity contribution in [2.24, 2.45) is 0 Å². The van der Waals surface area contributed by atoms with Gasteiger partial charge in [-0.2, -0.15) is 4.31 Å². The molecule has 4 rings (SSSR count). The monoisotopic (exact) mass is 391 g/mol. The van der Waals surface area contributed by atoms with E-state index in [0.29, 0.717) is 12.1 Å². The number of hydrogen-bond donors (Lipinski definition) is 0. The summed E-state index contributed by atoms with van der Waals surface area (Å²) >= 11 is 0. The van der Waals surface area contributed by atoms with Crippen LogP contribution in [-0.4, -0.2) is 55.0 Å². The number of benzene rings is 1. The molecular formula is C18H18FN3O4S. The third-order valence-corrected chi connectivity index (χ3v) is 6.83. The molecule has 2 aliphatic heterocycles. The molecule has 1 atom stereocenters. The van der Waals surface area contributed by atoms with Crippen molar-refractivity contribution in [3.8, 4) is 5.75 Å². The second kappa shape index (κ2) is 6.58. The van der Waals surface area contributed by atoms with Gasteiger partial charge in [0, 0.05) is 31.5 Å². The van der Waals surface area contributed by atoms with Crippen LogP contribution in [0.2, 0.25) is 0 Å². The highest BCUT2D eigenvalue weighted by atomic mass is 32.2. The van der Waals surface area contributed by atoms with E-state index in [1.165, 1.54) is 28.6 Å². The Balaban J connectivity index is 1.62. The summed E-state index contributed by atoms with van der Waals surface area (Å²) in [4.78, 5) is 18.5. The Morgan fingerprint density at radius 3 is 2.70 bits per heavy atom. The SMILES string of the molecule is Cc1cc2c(cn1)C(=O)N1CCN(S(=O)(=O)c3ccc(OCF)cc3)CC21. The number of ether oxygens (including phenoxy) is 1. The van der Waals surface area contributed by atoms with E-state index in [-0.39, 0.29) is 35.7 Å². The van der Waals surface area contributed by atoms with Gasteiger partial charge in [0.25, 0.3) is 5.91 Å². The molecule has 1 unspecified atom stereocenters. The van der Waals surface area contributed by atoms with Crippen LogP contribution in [0.25, 0.3) is 0 Å². The lowest BCUT2D eigenvalue weighted by molar-refractivity contribution is 0.0628. The Kier molecular flexibility index (Phi) is 4.35. The van der Waals surface area contributed by atoms with Crippen LogP contribution in [0.3, 0.4) is 0 Å². The number of amides is 1. The number of carbonyl (C=O) groups is 1. The third-order valence-electron chi connectivity index (χ3n) is 4.95. The molecule has 1 amide bonds. The zero-order valence-corrected chi connectivity index (χ0v) is 15.4. The van der Waals surface area contributed by atoms with Gasteiger partial charge in [-0.1, -0.05) is 0 Å². The van der Waals surface area contributed by atoms with Gasteiger partial charge >= 0.3 is 0 Å². The number of rotatable bonds is 4. The van der Waals surface area contributed by atoms with E-state index in [1.54, 1.807) is 11.1 Å². The summed E-state index contributed by atoms with van der Waals surface area (Å²) < 4.78 is 44.3. The first-order valence-electron chi connectivity index (χ1n) is 8.48. The predicted molar refractivity (Wildman–Crippen MR) is 94.6 cm³/mol. The summed E-state index contributed by atoms with van der Waals surface area (Å²) in [6.07, 6.45) is 1.56. The molecule has 142 valence electrons. The smallest absolute Gasteiger partial charge is 0.256 e. The van der Waals surface area contributed by atoms with E-state index in [9.17, 15) is 17.6 Å². The molecular weight excluding hydrogens is 373 g/mol. The van der Waals surface area contributed by atoms with Gasteiger partial charge in [0.05, 0.1) is 16.5 Å². The van der Waals surface area contributed by atoms with Crippen molar-refractivity contribution < 1.29 is 22.3 Å². The molecule has 9 heteroatoms. The van der Waals surface area contributed by atoms with E-state index in [4.69, 9.17) is 4.74 Å². The number of sulfonamides is 1. The summed E-state index contributed by atoms with van der Waals surface area (Å²) in [5.41, 5.74) is 2.14. The van der Waals surface area contributed by atoms with E-state index < -0.39 is 16.9 Å². The van der Waals surface area contributed by atoms with Crippen molar-refractivity contribution in [2.75, 3.05) is 26.5 Å². The van der Waals surface area contributed by atoms with Crippen molar-refractivity contribution in [3.05, 3.63) is 53.3 Å². The molecule has 1 aromatic carbocycles. The molecule has 0 spiro atoms. The zero-order chi connectivity index (χ0) is 19.2. The van der Waals surface area contributed by atoms with Crippen LogP contribution in [0.15, 0.2) is 41.4 Å². The lowest BCUT2D eigenvalue weighted by atomic mass is 10.1. The van der Waals surface area contributed by atoms with Crippen molar-refractivity contribution in [1.82, 2.24) is 14.2 Å². The van der Waals surface area contributed by atoms with Gasteiger partial charge in [0.1, 0.15) is 5.75 Å². The molecule has 0 aliphatic carbocycles. The molecule has 3 heterocycles.